The van der Waals surface area contributed by atoms with Gasteiger partial charge in [0.05, 0.1) is 4.92 Å². The summed E-state index contributed by atoms with van der Waals surface area (Å²) < 4.78 is 27.6. The van der Waals surface area contributed by atoms with Crippen LogP contribution in [-0.2, 0) is 0 Å². The molecule has 0 aliphatic heterocycles. The number of hydrogen-bond acceptors (Lipinski definition) is 3. The Morgan fingerprint density at radius 1 is 1.43 bits per heavy atom. The second-order valence-corrected chi connectivity index (χ2v) is 5.59. The van der Waals surface area contributed by atoms with Crippen LogP contribution < -0.4 is 5.32 Å². The first-order valence-electron chi connectivity index (χ1n) is 6.45. The third-order valence-corrected chi connectivity index (χ3v) is 4.50. The van der Waals surface area contributed by atoms with Crippen LogP contribution >= 0.6 is 15.9 Å². The first-order valence-corrected chi connectivity index (χ1v) is 7.57. The number of benzene rings is 1. The normalized spacial score (nSPS) is 21.3. The Morgan fingerprint density at radius 2 is 2.14 bits per heavy atom. The highest BCUT2D eigenvalue weighted by molar-refractivity contribution is 9.09. The van der Waals surface area contributed by atoms with Gasteiger partial charge in [0.1, 0.15) is 11.4 Å². The Balaban J connectivity index is 2.27. The van der Waals surface area contributed by atoms with Crippen LogP contribution in [-0.4, -0.2) is 22.2 Å². The summed E-state index contributed by atoms with van der Waals surface area (Å²) in [7, 11) is 0. The summed E-state index contributed by atoms with van der Waals surface area (Å²) in [6, 6.07) is 1.25. The van der Waals surface area contributed by atoms with Crippen molar-refractivity contribution in [1.29, 1.82) is 0 Å². The lowest BCUT2D eigenvalue weighted by atomic mass is 10.1. The molecule has 2 rings (SSSR count). The third-order valence-electron chi connectivity index (χ3n) is 3.67. The zero-order valence-corrected chi connectivity index (χ0v) is 12.5. The number of halogens is 3. The number of nitrogens with zero attached hydrogens (tertiary/aromatic N) is 1. The summed E-state index contributed by atoms with van der Waals surface area (Å²) in [5.41, 5.74) is -1.81. The number of nitro groups is 1. The van der Waals surface area contributed by atoms with Gasteiger partial charge in [-0.25, -0.2) is 4.39 Å². The van der Waals surface area contributed by atoms with Crippen LogP contribution in [0.2, 0.25) is 0 Å². The highest BCUT2D eigenvalue weighted by Gasteiger charge is 2.31. The average Bonchev–Trinajstić information content (AvgIpc) is 2.85. The first kappa shape index (κ1) is 15.8. The molecule has 0 saturated heterocycles. The molecule has 1 aliphatic carbocycles. The lowest BCUT2D eigenvalue weighted by molar-refractivity contribution is -0.387. The highest BCUT2D eigenvalue weighted by Crippen LogP contribution is 2.28. The fraction of sp³-hybridized carbons (Fsp3) is 0.462. The van der Waals surface area contributed by atoms with Crippen LogP contribution in [0, 0.1) is 27.7 Å². The minimum atomic E-state index is -1.44. The van der Waals surface area contributed by atoms with Crippen LogP contribution in [0.15, 0.2) is 12.1 Å². The minimum absolute atomic E-state index is 0.185. The summed E-state index contributed by atoms with van der Waals surface area (Å²) in [4.78, 5) is 21.7. The molecule has 2 unspecified atom stereocenters. The standard InChI is InChI=1S/C13H13BrF2N2O3/c14-6-7-2-1-3-9(7)17-13(19)11-8(15)4-5-10(12(11)16)18(20)21/h4-5,7,9H,1-3,6H2,(H,17,19). The largest absolute Gasteiger partial charge is 0.349 e. The van der Waals surface area contributed by atoms with Gasteiger partial charge in [0.25, 0.3) is 5.91 Å². The van der Waals surface area contributed by atoms with Crippen molar-refractivity contribution in [1.82, 2.24) is 5.32 Å². The molecule has 5 nitrogen and oxygen atoms in total. The van der Waals surface area contributed by atoms with Gasteiger partial charge in [-0.1, -0.05) is 22.4 Å². The lowest BCUT2D eigenvalue weighted by Crippen LogP contribution is -2.38. The molecule has 0 spiro atoms. The molecule has 1 amide bonds. The number of hydrogen-bond donors (Lipinski definition) is 1. The molecule has 1 aromatic carbocycles. The molecule has 0 aromatic heterocycles. The number of alkyl halides is 1. The highest BCUT2D eigenvalue weighted by atomic mass is 79.9. The number of carbonyl (C=O) groups excluding carboxylic acids is 1. The van der Waals surface area contributed by atoms with E-state index in [4.69, 9.17) is 0 Å². The smallest absolute Gasteiger partial charge is 0.305 e. The van der Waals surface area contributed by atoms with Crippen LogP contribution in [0.25, 0.3) is 0 Å². The Morgan fingerprint density at radius 3 is 2.76 bits per heavy atom. The molecule has 0 radical (unpaired) electrons. The average molecular weight is 363 g/mol. The quantitative estimate of drug-likeness (QED) is 0.507. The van der Waals surface area contributed by atoms with Gasteiger partial charge < -0.3 is 5.32 Å². The van der Waals surface area contributed by atoms with E-state index >= 15 is 0 Å². The summed E-state index contributed by atoms with van der Waals surface area (Å²) >= 11 is 3.33. The fourth-order valence-corrected chi connectivity index (χ4v) is 3.32. The number of nitro benzene ring substituents is 1. The Labute approximate surface area is 128 Å². The topological polar surface area (TPSA) is 72.2 Å². The van der Waals surface area contributed by atoms with Crippen LogP contribution in [0.5, 0.6) is 0 Å². The van der Waals surface area contributed by atoms with Crippen LogP contribution in [0.4, 0.5) is 14.5 Å². The van der Waals surface area contributed by atoms with E-state index in [2.05, 4.69) is 21.2 Å². The van der Waals surface area contributed by atoms with Crippen LogP contribution in [0.1, 0.15) is 29.6 Å². The predicted molar refractivity (Wildman–Crippen MR) is 75.4 cm³/mol. The second-order valence-electron chi connectivity index (χ2n) is 4.94. The van der Waals surface area contributed by atoms with E-state index < -0.39 is 33.7 Å². The summed E-state index contributed by atoms with van der Waals surface area (Å²) in [5.74, 6) is -3.31. The lowest BCUT2D eigenvalue weighted by Gasteiger charge is -2.19. The molecule has 114 valence electrons. The monoisotopic (exact) mass is 362 g/mol. The van der Waals surface area contributed by atoms with Crippen molar-refractivity contribution in [2.24, 2.45) is 5.92 Å². The SMILES string of the molecule is O=C(NC1CCCC1CBr)c1c(F)ccc([N+](=O)[O-])c1F. The van der Waals surface area contributed by atoms with Gasteiger partial charge >= 0.3 is 5.69 Å². The van der Waals surface area contributed by atoms with Gasteiger partial charge in [0.15, 0.2) is 0 Å². The van der Waals surface area contributed by atoms with Gasteiger partial charge in [-0.3, -0.25) is 14.9 Å². The van der Waals surface area contributed by atoms with E-state index in [0.717, 1.165) is 25.3 Å². The van der Waals surface area contributed by atoms with Crippen LogP contribution in [0.3, 0.4) is 0 Å². The van der Waals surface area contributed by atoms with E-state index in [1.807, 2.05) is 0 Å². The molecule has 2 atom stereocenters. The molecule has 0 heterocycles. The number of amides is 1. The van der Waals surface area contributed by atoms with E-state index in [0.29, 0.717) is 11.4 Å². The van der Waals surface area contributed by atoms with E-state index in [1.165, 1.54) is 0 Å². The molecule has 0 bridgehead atoms. The van der Waals surface area contributed by atoms with Crippen molar-refractivity contribution in [3.63, 3.8) is 0 Å². The predicted octanol–water partition coefficient (Wildman–Crippen LogP) is 3.17. The molecule has 1 aromatic rings. The van der Waals surface area contributed by atoms with Gasteiger partial charge in [0, 0.05) is 17.4 Å². The maximum Gasteiger partial charge on any atom is 0.305 e. The molecule has 1 fully saturated rings. The van der Waals surface area contributed by atoms with Crippen molar-refractivity contribution in [3.8, 4) is 0 Å². The molecule has 1 N–H and O–H groups in total. The van der Waals surface area contributed by atoms with Gasteiger partial charge in [0.2, 0.25) is 5.82 Å². The van der Waals surface area contributed by atoms with Crippen molar-refractivity contribution in [2.75, 3.05) is 5.33 Å². The van der Waals surface area contributed by atoms with Crippen molar-refractivity contribution < 1.29 is 18.5 Å². The maximum absolute atomic E-state index is 13.9. The summed E-state index contributed by atoms with van der Waals surface area (Å²) in [6.07, 6.45) is 2.55. The van der Waals surface area contributed by atoms with Gasteiger partial charge in [-0.15, -0.1) is 0 Å². The third kappa shape index (κ3) is 3.20. The minimum Gasteiger partial charge on any atom is -0.349 e. The Hall–Kier alpha value is -1.57. The number of rotatable bonds is 4. The summed E-state index contributed by atoms with van der Waals surface area (Å²) in [5, 5.41) is 13.9. The molecule has 1 saturated carbocycles. The van der Waals surface area contributed by atoms with Gasteiger partial charge in [-0.2, -0.15) is 4.39 Å². The molecular formula is C13H13BrF2N2O3. The Kier molecular flexibility index (Phi) is 4.87. The van der Waals surface area contributed by atoms with Crippen molar-refractivity contribution in [2.45, 2.75) is 25.3 Å². The molecular weight excluding hydrogens is 350 g/mol. The molecule has 21 heavy (non-hydrogen) atoms. The zero-order chi connectivity index (χ0) is 15.6. The zero-order valence-electron chi connectivity index (χ0n) is 10.9. The fourth-order valence-electron chi connectivity index (χ4n) is 2.54. The summed E-state index contributed by atoms with van der Waals surface area (Å²) in [6.45, 7) is 0. The molecule has 8 heteroatoms. The Bertz CT molecular complexity index is 583. The van der Waals surface area contributed by atoms with Crippen molar-refractivity contribution >= 4 is 27.5 Å². The van der Waals surface area contributed by atoms with Gasteiger partial charge in [-0.05, 0) is 24.8 Å². The first-order chi connectivity index (χ1) is 9.95. The van der Waals surface area contributed by atoms with E-state index in [9.17, 15) is 23.7 Å². The van der Waals surface area contributed by atoms with E-state index in [-0.39, 0.29) is 12.0 Å². The van der Waals surface area contributed by atoms with Crippen molar-refractivity contribution in [3.05, 3.63) is 39.4 Å². The number of carbonyl (C=O) groups is 1. The second kappa shape index (κ2) is 6.46. The maximum atomic E-state index is 13.9. The molecule has 1 aliphatic rings. The number of nitrogens with one attached hydrogen (secondary N) is 1. The van der Waals surface area contributed by atoms with E-state index in [1.54, 1.807) is 0 Å².